The summed E-state index contributed by atoms with van der Waals surface area (Å²) in [5, 5.41) is 2.73. The SMILES string of the molecule is NC(CCNC(=O)c1c(F)cccc1Cl)c1ccccc1. The van der Waals surface area contributed by atoms with Crippen LogP contribution >= 0.6 is 11.6 Å². The van der Waals surface area contributed by atoms with E-state index in [1.54, 1.807) is 0 Å². The summed E-state index contributed by atoms with van der Waals surface area (Å²) in [6.07, 6.45) is 0.557. The van der Waals surface area contributed by atoms with Crippen LogP contribution in [0.5, 0.6) is 0 Å². The Hall–Kier alpha value is -1.91. The van der Waals surface area contributed by atoms with Gasteiger partial charge in [-0.15, -0.1) is 0 Å². The van der Waals surface area contributed by atoms with Crippen molar-refractivity contribution in [3.8, 4) is 0 Å². The number of halogens is 2. The fourth-order valence-electron chi connectivity index (χ4n) is 2.01. The second kappa shape index (κ2) is 7.20. The number of nitrogens with one attached hydrogen (secondary N) is 1. The van der Waals surface area contributed by atoms with Gasteiger partial charge >= 0.3 is 0 Å². The number of hydrogen-bond donors (Lipinski definition) is 2. The first-order valence-electron chi connectivity index (χ1n) is 6.62. The van der Waals surface area contributed by atoms with Crippen LogP contribution in [-0.4, -0.2) is 12.5 Å². The standard InChI is InChI=1S/C16H16ClFN2O/c17-12-7-4-8-13(18)15(12)16(21)20-10-9-14(19)11-5-2-1-3-6-11/h1-8,14H,9-10,19H2,(H,20,21). The second-order valence-electron chi connectivity index (χ2n) is 4.66. The molecule has 0 saturated carbocycles. The molecule has 0 fully saturated rings. The van der Waals surface area contributed by atoms with Crippen LogP contribution in [0.2, 0.25) is 5.02 Å². The maximum atomic E-state index is 13.6. The highest BCUT2D eigenvalue weighted by molar-refractivity contribution is 6.33. The van der Waals surface area contributed by atoms with Crippen LogP contribution in [0.4, 0.5) is 4.39 Å². The Kier molecular flexibility index (Phi) is 5.31. The van der Waals surface area contributed by atoms with Crippen molar-refractivity contribution < 1.29 is 9.18 Å². The van der Waals surface area contributed by atoms with Gasteiger partial charge in [-0.05, 0) is 24.1 Å². The van der Waals surface area contributed by atoms with Gasteiger partial charge in [0.2, 0.25) is 0 Å². The third-order valence-corrected chi connectivity index (χ3v) is 3.47. The third kappa shape index (κ3) is 4.03. The van der Waals surface area contributed by atoms with Crippen LogP contribution in [0, 0.1) is 5.82 Å². The van der Waals surface area contributed by atoms with Crippen molar-refractivity contribution in [3.63, 3.8) is 0 Å². The molecule has 1 atom stereocenters. The van der Waals surface area contributed by atoms with Crippen LogP contribution in [0.25, 0.3) is 0 Å². The lowest BCUT2D eigenvalue weighted by Gasteiger charge is -2.13. The molecule has 0 heterocycles. The predicted molar refractivity (Wildman–Crippen MR) is 81.7 cm³/mol. The van der Waals surface area contributed by atoms with Crippen LogP contribution in [0.15, 0.2) is 48.5 Å². The van der Waals surface area contributed by atoms with Crippen molar-refractivity contribution in [2.24, 2.45) is 5.73 Å². The average Bonchev–Trinajstić information content (AvgIpc) is 2.48. The van der Waals surface area contributed by atoms with E-state index in [9.17, 15) is 9.18 Å². The first kappa shape index (κ1) is 15.5. The highest BCUT2D eigenvalue weighted by atomic mass is 35.5. The molecule has 0 saturated heterocycles. The highest BCUT2D eigenvalue weighted by Crippen LogP contribution is 2.19. The number of benzene rings is 2. The largest absolute Gasteiger partial charge is 0.352 e. The number of amides is 1. The molecule has 0 aliphatic carbocycles. The maximum Gasteiger partial charge on any atom is 0.255 e. The van der Waals surface area contributed by atoms with E-state index in [0.29, 0.717) is 13.0 Å². The summed E-state index contributed by atoms with van der Waals surface area (Å²) in [6.45, 7) is 0.347. The minimum absolute atomic E-state index is 0.0971. The fourth-order valence-corrected chi connectivity index (χ4v) is 2.26. The fraction of sp³-hybridized carbons (Fsp3) is 0.188. The Morgan fingerprint density at radius 3 is 2.57 bits per heavy atom. The monoisotopic (exact) mass is 306 g/mol. The van der Waals surface area contributed by atoms with E-state index in [-0.39, 0.29) is 16.6 Å². The van der Waals surface area contributed by atoms with Gasteiger partial charge in [0.05, 0.1) is 10.6 Å². The predicted octanol–water partition coefficient (Wildman–Crippen LogP) is 3.30. The van der Waals surface area contributed by atoms with Gasteiger partial charge in [-0.2, -0.15) is 0 Å². The van der Waals surface area contributed by atoms with Crippen LogP contribution < -0.4 is 11.1 Å². The van der Waals surface area contributed by atoms with E-state index < -0.39 is 11.7 Å². The number of carbonyl (C=O) groups is 1. The number of nitrogens with two attached hydrogens (primary N) is 1. The highest BCUT2D eigenvalue weighted by Gasteiger charge is 2.15. The van der Waals surface area contributed by atoms with Gasteiger partial charge in [0.1, 0.15) is 5.82 Å². The molecule has 0 aromatic heterocycles. The van der Waals surface area contributed by atoms with E-state index in [1.165, 1.54) is 18.2 Å². The van der Waals surface area contributed by atoms with E-state index in [0.717, 1.165) is 5.56 Å². The summed E-state index contributed by atoms with van der Waals surface area (Å²) in [5.41, 5.74) is 6.89. The zero-order chi connectivity index (χ0) is 15.2. The molecular weight excluding hydrogens is 291 g/mol. The lowest BCUT2D eigenvalue weighted by atomic mass is 10.0. The molecule has 2 aromatic rings. The van der Waals surface area contributed by atoms with Crippen molar-refractivity contribution in [2.75, 3.05) is 6.54 Å². The van der Waals surface area contributed by atoms with Crippen molar-refractivity contribution in [1.29, 1.82) is 0 Å². The van der Waals surface area contributed by atoms with Crippen LogP contribution in [0.3, 0.4) is 0 Å². The van der Waals surface area contributed by atoms with Gasteiger partial charge < -0.3 is 11.1 Å². The van der Waals surface area contributed by atoms with Gasteiger partial charge in [-0.3, -0.25) is 4.79 Å². The molecule has 3 N–H and O–H groups in total. The van der Waals surface area contributed by atoms with E-state index >= 15 is 0 Å². The van der Waals surface area contributed by atoms with Crippen molar-refractivity contribution in [1.82, 2.24) is 5.32 Å². The zero-order valence-corrected chi connectivity index (χ0v) is 12.1. The Balaban J connectivity index is 1.90. The van der Waals surface area contributed by atoms with Gasteiger partial charge in [0, 0.05) is 12.6 Å². The molecule has 2 rings (SSSR count). The molecule has 0 aliphatic heterocycles. The molecule has 0 aliphatic rings. The second-order valence-corrected chi connectivity index (χ2v) is 5.07. The minimum atomic E-state index is -0.632. The van der Waals surface area contributed by atoms with Gasteiger partial charge in [0.25, 0.3) is 5.91 Å². The first-order valence-corrected chi connectivity index (χ1v) is 7.00. The van der Waals surface area contributed by atoms with Crippen LogP contribution in [0.1, 0.15) is 28.4 Å². The van der Waals surface area contributed by atoms with E-state index in [1.807, 2.05) is 30.3 Å². The van der Waals surface area contributed by atoms with Gasteiger partial charge in [-0.1, -0.05) is 48.0 Å². The number of carbonyl (C=O) groups excluding carboxylic acids is 1. The molecule has 5 heteroatoms. The summed E-state index contributed by atoms with van der Waals surface area (Å²) in [4.78, 5) is 11.9. The molecule has 1 amide bonds. The Morgan fingerprint density at radius 2 is 1.90 bits per heavy atom. The number of rotatable bonds is 5. The Bertz CT molecular complexity index is 599. The summed E-state index contributed by atoms with van der Waals surface area (Å²) in [7, 11) is 0. The number of hydrogen-bond acceptors (Lipinski definition) is 2. The van der Waals surface area contributed by atoms with Gasteiger partial charge in [-0.25, -0.2) is 4.39 Å². The molecular formula is C16H16ClFN2O. The van der Waals surface area contributed by atoms with Gasteiger partial charge in [0.15, 0.2) is 0 Å². The van der Waals surface area contributed by atoms with Crippen molar-refractivity contribution in [2.45, 2.75) is 12.5 Å². The minimum Gasteiger partial charge on any atom is -0.352 e. The Labute approximate surface area is 127 Å². The molecule has 0 spiro atoms. The molecule has 0 radical (unpaired) electrons. The normalized spacial score (nSPS) is 12.0. The van der Waals surface area contributed by atoms with E-state index in [2.05, 4.69) is 5.32 Å². The molecule has 0 bridgehead atoms. The molecule has 110 valence electrons. The maximum absolute atomic E-state index is 13.6. The van der Waals surface area contributed by atoms with Crippen molar-refractivity contribution in [3.05, 3.63) is 70.5 Å². The quantitative estimate of drug-likeness (QED) is 0.890. The van der Waals surface area contributed by atoms with Crippen molar-refractivity contribution >= 4 is 17.5 Å². The topological polar surface area (TPSA) is 55.1 Å². The Morgan fingerprint density at radius 1 is 1.19 bits per heavy atom. The summed E-state index contributed by atoms with van der Waals surface area (Å²) in [6, 6.07) is 13.6. The summed E-state index contributed by atoms with van der Waals surface area (Å²) < 4.78 is 13.6. The summed E-state index contributed by atoms with van der Waals surface area (Å²) >= 11 is 5.84. The van der Waals surface area contributed by atoms with E-state index in [4.69, 9.17) is 17.3 Å². The molecule has 2 aromatic carbocycles. The molecule has 21 heavy (non-hydrogen) atoms. The third-order valence-electron chi connectivity index (χ3n) is 3.16. The first-order chi connectivity index (χ1) is 10.1. The lowest BCUT2D eigenvalue weighted by molar-refractivity contribution is 0.0948. The summed E-state index contributed by atoms with van der Waals surface area (Å²) in [5.74, 6) is -1.16. The lowest BCUT2D eigenvalue weighted by Crippen LogP contribution is -2.28. The molecule has 1 unspecified atom stereocenters. The van der Waals surface area contributed by atoms with Crippen LogP contribution in [-0.2, 0) is 0 Å². The smallest absolute Gasteiger partial charge is 0.255 e. The zero-order valence-electron chi connectivity index (χ0n) is 11.4. The molecule has 3 nitrogen and oxygen atoms in total. The average molecular weight is 307 g/mol.